The van der Waals surface area contributed by atoms with E-state index in [4.69, 9.17) is 15.3 Å². The second-order valence-electron chi connectivity index (χ2n) is 8.18. The molecule has 0 saturated heterocycles. The number of carbonyl (C=O) groups excluding carboxylic acids is 1. The van der Waals surface area contributed by atoms with Crippen LogP contribution < -0.4 is 0 Å². The Morgan fingerprint density at radius 1 is 1.10 bits per heavy atom. The molecule has 2 rings (SSSR count). The lowest BCUT2D eigenvalue weighted by molar-refractivity contribution is -0.157. The van der Waals surface area contributed by atoms with Crippen molar-refractivity contribution in [1.29, 1.82) is 0 Å². The maximum absolute atomic E-state index is 13.2. The van der Waals surface area contributed by atoms with Gasteiger partial charge in [-0.2, -0.15) is 0 Å². The predicted octanol–water partition coefficient (Wildman–Crippen LogP) is 6.13. The Balaban J connectivity index is 2.52. The molecule has 0 bridgehead atoms. The molecule has 0 spiro atoms. The first kappa shape index (κ1) is 23.9. The molecule has 6 nitrogen and oxygen atoms in total. The van der Waals surface area contributed by atoms with Crippen molar-refractivity contribution in [3.05, 3.63) is 94.9 Å². The van der Waals surface area contributed by atoms with Crippen LogP contribution in [0, 0.1) is 5.92 Å². The van der Waals surface area contributed by atoms with Gasteiger partial charge in [0.1, 0.15) is 5.60 Å². The Morgan fingerprint density at radius 3 is 2.10 bits per heavy atom. The van der Waals surface area contributed by atoms with Crippen LogP contribution in [0.3, 0.4) is 0 Å². The number of aliphatic imine (C=N–C) groups is 1. The average Bonchev–Trinajstić information content (AvgIpc) is 2.75. The molecule has 6 heteroatoms. The smallest absolute Gasteiger partial charge is 0.332 e. The molecule has 0 aliphatic rings. The lowest BCUT2D eigenvalue weighted by Crippen LogP contribution is -2.36. The van der Waals surface area contributed by atoms with E-state index >= 15 is 0 Å². The van der Waals surface area contributed by atoms with Crippen LogP contribution in [0.4, 0.5) is 0 Å². The van der Waals surface area contributed by atoms with Gasteiger partial charge in [0.15, 0.2) is 6.04 Å². The molecule has 2 aromatic rings. The van der Waals surface area contributed by atoms with E-state index in [1.807, 2.05) is 81.4 Å². The monoisotopic (exact) mass is 418 g/mol. The molecule has 0 aliphatic heterocycles. The SMILES string of the molecule is C=C[C@H](CCCN=[N+]=[N-])[C@H](N=C(c1ccccc1)c1ccccc1)C(=O)OC(C)(C)C. The molecule has 162 valence electrons. The van der Waals surface area contributed by atoms with E-state index in [9.17, 15) is 4.79 Å². The Kier molecular flexibility index (Phi) is 9.04. The first-order valence-electron chi connectivity index (χ1n) is 10.4. The summed E-state index contributed by atoms with van der Waals surface area (Å²) in [5.74, 6) is -0.656. The summed E-state index contributed by atoms with van der Waals surface area (Å²) in [6.07, 6.45) is 2.97. The van der Waals surface area contributed by atoms with E-state index in [-0.39, 0.29) is 5.92 Å². The summed E-state index contributed by atoms with van der Waals surface area (Å²) >= 11 is 0. The third kappa shape index (κ3) is 7.76. The minimum absolute atomic E-state index is 0.258. The minimum Gasteiger partial charge on any atom is -0.458 e. The summed E-state index contributed by atoms with van der Waals surface area (Å²) in [6, 6.07) is 18.8. The first-order chi connectivity index (χ1) is 14.9. The van der Waals surface area contributed by atoms with E-state index in [1.165, 1.54) is 0 Å². The standard InChI is InChI=1S/C25H30N4O2/c1-5-19(17-12-18-27-29-26)23(24(30)31-25(2,3)4)28-22(20-13-8-6-9-14-20)21-15-10-7-11-16-21/h5-11,13-16,19,23H,1,12,17-18H2,2-4H3/t19-,23+/m1/s1. The van der Waals surface area contributed by atoms with Crippen LogP contribution in [0.5, 0.6) is 0 Å². The lowest BCUT2D eigenvalue weighted by Gasteiger charge is -2.26. The fourth-order valence-corrected chi connectivity index (χ4v) is 3.18. The fraction of sp³-hybridized carbons (Fsp3) is 0.360. The number of esters is 1. The molecule has 2 atom stereocenters. The van der Waals surface area contributed by atoms with Gasteiger partial charge in [0.05, 0.1) is 5.71 Å². The number of ether oxygens (including phenoxy) is 1. The predicted molar refractivity (Wildman–Crippen MR) is 125 cm³/mol. The summed E-state index contributed by atoms with van der Waals surface area (Å²) < 4.78 is 5.71. The topological polar surface area (TPSA) is 87.4 Å². The number of azide groups is 1. The van der Waals surface area contributed by atoms with Crippen molar-refractivity contribution in [3.63, 3.8) is 0 Å². The lowest BCUT2D eigenvalue weighted by atomic mass is 9.93. The number of benzene rings is 2. The number of hydrogen-bond donors (Lipinski definition) is 0. The van der Waals surface area contributed by atoms with E-state index in [2.05, 4.69) is 16.6 Å². The zero-order chi connectivity index (χ0) is 22.7. The molecule has 0 aromatic heterocycles. The molecule has 0 heterocycles. The van der Waals surface area contributed by atoms with Gasteiger partial charge in [-0.1, -0.05) is 71.9 Å². The van der Waals surface area contributed by atoms with Gasteiger partial charge in [0.25, 0.3) is 0 Å². The minimum atomic E-state index is -0.766. The molecule has 0 radical (unpaired) electrons. The number of carbonyl (C=O) groups is 1. The van der Waals surface area contributed by atoms with E-state index in [0.29, 0.717) is 19.4 Å². The van der Waals surface area contributed by atoms with Crippen LogP contribution in [0.25, 0.3) is 10.4 Å². The summed E-state index contributed by atoms with van der Waals surface area (Å²) in [7, 11) is 0. The second kappa shape index (κ2) is 11.7. The molecule has 0 fully saturated rings. The van der Waals surface area contributed by atoms with Crippen molar-refractivity contribution in [2.45, 2.75) is 45.3 Å². The average molecular weight is 419 g/mol. The quantitative estimate of drug-likeness (QED) is 0.0884. The zero-order valence-electron chi connectivity index (χ0n) is 18.4. The molecule has 0 unspecified atom stereocenters. The fourth-order valence-electron chi connectivity index (χ4n) is 3.18. The largest absolute Gasteiger partial charge is 0.458 e. The Morgan fingerprint density at radius 2 is 1.65 bits per heavy atom. The summed E-state index contributed by atoms with van der Waals surface area (Å²) in [5, 5.41) is 3.59. The highest BCUT2D eigenvalue weighted by Gasteiger charge is 2.31. The second-order valence-corrected chi connectivity index (χ2v) is 8.18. The highest BCUT2D eigenvalue weighted by molar-refractivity contribution is 6.13. The van der Waals surface area contributed by atoms with Crippen molar-refractivity contribution < 1.29 is 9.53 Å². The molecule has 0 saturated carbocycles. The normalized spacial score (nSPS) is 12.7. The number of nitrogens with zero attached hydrogens (tertiary/aromatic N) is 4. The molecular formula is C25H30N4O2. The van der Waals surface area contributed by atoms with Crippen molar-refractivity contribution >= 4 is 11.7 Å². The van der Waals surface area contributed by atoms with Gasteiger partial charge in [0.2, 0.25) is 0 Å². The van der Waals surface area contributed by atoms with Gasteiger partial charge in [-0.05, 0) is 39.1 Å². The molecule has 0 N–H and O–H groups in total. The summed E-state index contributed by atoms with van der Waals surface area (Å²) in [6.45, 7) is 9.81. The molecule has 31 heavy (non-hydrogen) atoms. The van der Waals surface area contributed by atoms with Crippen LogP contribution in [0.1, 0.15) is 44.7 Å². The highest BCUT2D eigenvalue weighted by atomic mass is 16.6. The van der Waals surface area contributed by atoms with Crippen molar-refractivity contribution in [2.75, 3.05) is 6.54 Å². The van der Waals surface area contributed by atoms with Crippen LogP contribution in [-0.2, 0) is 9.53 Å². The van der Waals surface area contributed by atoms with Crippen LogP contribution in [0.2, 0.25) is 0 Å². The Bertz CT molecular complexity index is 885. The highest BCUT2D eigenvalue weighted by Crippen LogP contribution is 2.23. The van der Waals surface area contributed by atoms with Gasteiger partial charge in [-0.3, -0.25) is 4.99 Å². The first-order valence-corrected chi connectivity index (χ1v) is 10.4. The van der Waals surface area contributed by atoms with Gasteiger partial charge in [-0.25, -0.2) is 4.79 Å². The van der Waals surface area contributed by atoms with Crippen LogP contribution in [-0.4, -0.2) is 29.9 Å². The molecule has 2 aromatic carbocycles. The van der Waals surface area contributed by atoms with Gasteiger partial charge in [-0.15, -0.1) is 6.58 Å². The number of rotatable bonds is 10. The van der Waals surface area contributed by atoms with Gasteiger partial charge >= 0.3 is 5.97 Å². The third-order valence-electron chi connectivity index (χ3n) is 4.58. The van der Waals surface area contributed by atoms with Gasteiger partial charge < -0.3 is 4.74 Å². The van der Waals surface area contributed by atoms with Crippen LogP contribution >= 0.6 is 0 Å². The third-order valence-corrected chi connectivity index (χ3v) is 4.58. The Hall–Kier alpha value is -3.37. The van der Waals surface area contributed by atoms with E-state index < -0.39 is 17.6 Å². The van der Waals surface area contributed by atoms with E-state index in [1.54, 1.807) is 6.08 Å². The summed E-state index contributed by atoms with van der Waals surface area (Å²) in [4.78, 5) is 20.9. The molecular weight excluding hydrogens is 388 g/mol. The zero-order valence-corrected chi connectivity index (χ0v) is 18.4. The molecule has 0 aliphatic carbocycles. The number of hydrogen-bond acceptors (Lipinski definition) is 4. The van der Waals surface area contributed by atoms with Crippen molar-refractivity contribution in [2.24, 2.45) is 16.0 Å². The van der Waals surface area contributed by atoms with E-state index in [0.717, 1.165) is 16.8 Å². The summed E-state index contributed by atoms with van der Waals surface area (Å²) in [5.41, 5.74) is 10.4. The van der Waals surface area contributed by atoms with Crippen molar-refractivity contribution in [3.8, 4) is 0 Å². The van der Waals surface area contributed by atoms with Crippen molar-refractivity contribution in [1.82, 2.24) is 0 Å². The van der Waals surface area contributed by atoms with Gasteiger partial charge in [0, 0.05) is 28.5 Å². The maximum Gasteiger partial charge on any atom is 0.332 e. The maximum atomic E-state index is 13.2. The van der Waals surface area contributed by atoms with Crippen LogP contribution in [0.15, 0.2) is 83.4 Å². The Labute approximate surface area is 184 Å². The molecule has 0 amide bonds.